The van der Waals surface area contributed by atoms with Gasteiger partial charge in [0.2, 0.25) is 5.91 Å². The van der Waals surface area contributed by atoms with Gasteiger partial charge in [-0.2, -0.15) is 0 Å². The van der Waals surface area contributed by atoms with E-state index >= 15 is 0 Å². The van der Waals surface area contributed by atoms with Crippen LogP contribution in [0.2, 0.25) is 0 Å². The summed E-state index contributed by atoms with van der Waals surface area (Å²) >= 11 is 0. The van der Waals surface area contributed by atoms with Crippen molar-refractivity contribution in [2.75, 3.05) is 0 Å². The summed E-state index contributed by atoms with van der Waals surface area (Å²) in [4.78, 5) is 52.0. The van der Waals surface area contributed by atoms with E-state index in [9.17, 15) is 19.2 Å². The van der Waals surface area contributed by atoms with Gasteiger partial charge in [-0.25, -0.2) is 9.59 Å². The number of amides is 3. The van der Waals surface area contributed by atoms with E-state index in [1.165, 1.54) is 6.07 Å². The van der Waals surface area contributed by atoms with E-state index in [0.717, 1.165) is 16.5 Å². The molecule has 2 aromatic heterocycles. The molecule has 0 spiro atoms. The third kappa shape index (κ3) is 7.11. The number of ketones is 1. The fourth-order valence-corrected chi connectivity index (χ4v) is 3.63. The number of carbonyl (C=O) groups excluding carboxylic acids is 3. The molecule has 9 heteroatoms. The molecule has 0 atom stereocenters. The van der Waals surface area contributed by atoms with Crippen molar-refractivity contribution in [1.29, 1.82) is 0 Å². The molecule has 0 unspecified atom stereocenters. The molecule has 0 bridgehead atoms. The predicted molar refractivity (Wildman–Crippen MR) is 136 cm³/mol. The number of nitrogens with zero attached hydrogens (tertiary/aromatic N) is 1. The van der Waals surface area contributed by atoms with Crippen molar-refractivity contribution in [2.24, 2.45) is 0 Å². The maximum Gasteiger partial charge on any atom is 0.336 e. The number of aryl methyl sites for hydroxylation is 1. The number of imide groups is 1. The van der Waals surface area contributed by atoms with Crippen LogP contribution in [0.5, 0.6) is 5.75 Å². The Morgan fingerprint density at radius 2 is 1.78 bits per heavy atom. The van der Waals surface area contributed by atoms with Gasteiger partial charge in [0, 0.05) is 42.1 Å². The highest BCUT2D eigenvalue weighted by molar-refractivity contribution is 6.00. The molecule has 2 N–H and O–H groups in total. The lowest BCUT2D eigenvalue weighted by Crippen LogP contribution is -2.39. The molecule has 3 amide bonds. The smallest absolute Gasteiger partial charge is 0.336 e. The van der Waals surface area contributed by atoms with Gasteiger partial charge in [0.1, 0.15) is 17.9 Å². The molecule has 0 radical (unpaired) electrons. The van der Waals surface area contributed by atoms with Gasteiger partial charge in [0.05, 0.1) is 12.2 Å². The molecule has 4 rings (SSSR count). The maximum atomic E-state index is 12.5. The first-order valence-corrected chi connectivity index (χ1v) is 11.6. The second-order valence-corrected chi connectivity index (χ2v) is 8.37. The monoisotopic (exact) mass is 499 g/mol. The standard InChI is InChI=1S/C28H25N3O6/c1-18-14-27(34)37-25-15-22(9-10-23(18)25)36-17-19-5-7-20(8-6-19)24(32)11-12-26(33)31-28(35)30-16-21-4-2-3-13-29-21/h2-10,13-15H,11-12,16-17H2,1H3,(H2,30,31,33,35). The van der Waals surface area contributed by atoms with Gasteiger partial charge in [-0.05, 0) is 42.3 Å². The number of rotatable bonds is 9. The van der Waals surface area contributed by atoms with Crippen molar-refractivity contribution in [2.45, 2.75) is 32.9 Å². The number of Topliss-reactive ketones (excluding diaryl/α,β-unsaturated/α-hetero) is 1. The summed E-state index contributed by atoms with van der Waals surface area (Å²) < 4.78 is 11.0. The SMILES string of the molecule is Cc1cc(=O)oc2cc(OCc3ccc(C(=O)CCC(=O)NC(=O)NCc4ccccn4)cc3)ccc12. The number of pyridine rings is 1. The van der Waals surface area contributed by atoms with Crippen LogP contribution in [0.1, 0.15) is 40.0 Å². The molecule has 37 heavy (non-hydrogen) atoms. The van der Waals surface area contributed by atoms with Gasteiger partial charge in [-0.3, -0.25) is 19.9 Å². The zero-order valence-corrected chi connectivity index (χ0v) is 20.2. The first-order valence-electron chi connectivity index (χ1n) is 11.6. The molecular formula is C28H25N3O6. The van der Waals surface area contributed by atoms with Crippen LogP contribution in [0.15, 0.2) is 82.1 Å². The minimum Gasteiger partial charge on any atom is -0.489 e. The summed E-state index contributed by atoms with van der Waals surface area (Å²) in [5.41, 5.74) is 2.83. The molecule has 0 aliphatic heterocycles. The fourth-order valence-electron chi connectivity index (χ4n) is 3.63. The maximum absolute atomic E-state index is 12.5. The Bertz CT molecular complexity index is 1480. The number of carbonyl (C=O) groups is 3. The van der Waals surface area contributed by atoms with Gasteiger partial charge in [0.15, 0.2) is 5.78 Å². The number of benzene rings is 2. The van der Waals surface area contributed by atoms with Crippen LogP contribution in [0.4, 0.5) is 4.79 Å². The van der Waals surface area contributed by atoms with Gasteiger partial charge in [-0.1, -0.05) is 30.3 Å². The second-order valence-electron chi connectivity index (χ2n) is 8.37. The van der Waals surface area contributed by atoms with Crippen molar-refractivity contribution < 1.29 is 23.5 Å². The Kier molecular flexibility index (Phi) is 8.05. The molecule has 9 nitrogen and oxygen atoms in total. The van der Waals surface area contributed by atoms with Crippen LogP contribution < -0.4 is 21.0 Å². The molecular weight excluding hydrogens is 474 g/mol. The average Bonchev–Trinajstić information content (AvgIpc) is 2.90. The summed E-state index contributed by atoms with van der Waals surface area (Å²) in [5, 5.41) is 5.59. The summed E-state index contributed by atoms with van der Waals surface area (Å²) in [5.74, 6) is -0.203. The lowest BCUT2D eigenvalue weighted by molar-refractivity contribution is -0.120. The lowest BCUT2D eigenvalue weighted by atomic mass is 10.0. The zero-order chi connectivity index (χ0) is 26.2. The molecule has 0 fully saturated rings. The highest BCUT2D eigenvalue weighted by Gasteiger charge is 2.12. The van der Waals surface area contributed by atoms with E-state index in [0.29, 0.717) is 22.6 Å². The molecule has 0 aliphatic carbocycles. The van der Waals surface area contributed by atoms with E-state index in [-0.39, 0.29) is 31.8 Å². The number of fused-ring (bicyclic) bond motifs is 1. The van der Waals surface area contributed by atoms with E-state index < -0.39 is 17.6 Å². The highest BCUT2D eigenvalue weighted by atomic mass is 16.5. The van der Waals surface area contributed by atoms with Gasteiger partial charge in [0.25, 0.3) is 0 Å². The minimum absolute atomic E-state index is 0.0308. The van der Waals surface area contributed by atoms with Crippen LogP contribution in [0.3, 0.4) is 0 Å². The summed E-state index contributed by atoms with van der Waals surface area (Å²) in [7, 11) is 0. The average molecular weight is 500 g/mol. The Morgan fingerprint density at radius 3 is 2.54 bits per heavy atom. The fraction of sp³-hybridized carbons (Fsp3) is 0.179. The van der Waals surface area contributed by atoms with Crippen LogP contribution in [0.25, 0.3) is 11.0 Å². The van der Waals surface area contributed by atoms with Crippen LogP contribution >= 0.6 is 0 Å². The van der Waals surface area contributed by atoms with E-state index in [1.54, 1.807) is 60.8 Å². The number of urea groups is 1. The number of ether oxygens (including phenoxy) is 1. The minimum atomic E-state index is -0.642. The number of aromatic nitrogens is 1. The van der Waals surface area contributed by atoms with Crippen molar-refractivity contribution in [3.63, 3.8) is 0 Å². The van der Waals surface area contributed by atoms with Crippen LogP contribution in [-0.4, -0.2) is 22.7 Å². The molecule has 188 valence electrons. The normalized spacial score (nSPS) is 10.6. The Hall–Kier alpha value is -4.79. The summed E-state index contributed by atoms with van der Waals surface area (Å²) in [6.45, 7) is 2.29. The first kappa shape index (κ1) is 25.3. The topological polar surface area (TPSA) is 128 Å². The van der Waals surface area contributed by atoms with Crippen LogP contribution in [0, 0.1) is 6.92 Å². The third-order valence-electron chi connectivity index (χ3n) is 5.59. The van der Waals surface area contributed by atoms with Gasteiger partial charge in [-0.15, -0.1) is 0 Å². The predicted octanol–water partition coefficient (Wildman–Crippen LogP) is 4.06. The van der Waals surface area contributed by atoms with E-state index in [4.69, 9.17) is 9.15 Å². The molecule has 0 saturated heterocycles. The molecule has 4 aromatic rings. The van der Waals surface area contributed by atoms with Crippen LogP contribution in [-0.2, 0) is 17.9 Å². The van der Waals surface area contributed by atoms with Crippen molar-refractivity contribution in [3.05, 3.63) is 106 Å². The Balaban J connectivity index is 1.22. The molecule has 2 aromatic carbocycles. The van der Waals surface area contributed by atoms with Gasteiger partial charge >= 0.3 is 11.7 Å². The lowest BCUT2D eigenvalue weighted by Gasteiger charge is -2.09. The number of hydrogen-bond acceptors (Lipinski definition) is 7. The molecule has 0 aliphatic rings. The number of hydrogen-bond donors (Lipinski definition) is 2. The summed E-state index contributed by atoms with van der Waals surface area (Å²) in [6.07, 6.45) is 1.47. The van der Waals surface area contributed by atoms with E-state index in [1.807, 2.05) is 13.0 Å². The first-order chi connectivity index (χ1) is 17.9. The molecule has 2 heterocycles. The quantitative estimate of drug-likeness (QED) is 0.263. The third-order valence-corrected chi connectivity index (χ3v) is 5.59. The number of nitrogens with one attached hydrogen (secondary N) is 2. The van der Waals surface area contributed by atoms with Gasteiger partial charge < -0.3 is 14.5 Å². The Labute approximate surface area is 212 Å². The summed E-state index contributed by atoms with van der Waals surface area (Å²) in [6, 6.07) is 18.3. The van der Waals surface area contributed by atoms with Crippen molar-refractivity contribution in [3.8, 4) is 5.75 Å². The zero-order valence-electron chi connectivity index (χ0n) is 20.2. The second kappa shape index (κ2) is 11.8. The van der Waals surface area contributed by atoms with Crippen molar-refractivity contribution in [1.82, 2.24) is 15.6 Å². The van der Waals surface area contributed by atoms with Crippen molar-refractivity contribution >= 4 is 28.7 Å². The van der Waals surface area contributed by atoms with E-state index in [2.05, 4.69) is 15.6 Å². The molecule has 0 saturated carbocycles. The largest absolute Gasteiger partial charge is 0.489 e. The highest BCUT2D eigenvalue weighted by Crippen LogP contribution is 2.23. The Morgan fingerprint density at radius 1 is 0.973 bits per heavy atom.